The summed E-state index contributed by atoms with van der Waals surface area (Å²) < 4.78 is 0. The number of nitrogens with zero attached hydrogens (tertiary/aromatic N) is 2. The molecule has 2 aromatic carbocycles. The van der Waals surface area contributed by atoms with E-state index < -0.39 is 0 Å². The number of halogens is 1. The molecule has 0 saturated carbocycles. The number of benzene rings is 2. The van der Waals surface area contributed by atoms with E-state index >= 15 is 0 Å². The predicted octanol–water partition coefficient (Wildman–Crippen LogP) is 2.51. The monoisotopic (exact) mass is 388 g/mol. The van der Waals surface area contributed by atoms with Crippen LogP contribution in [0.1, 0.15) is 22.8 Å². The zero-order chi connectivity index (χ0) is 18.4. The fourth-order valence-corrected chi connectivity index (χ4v) is 3.32. The second-order valence-corrected chi connectivity index (χ2v) is 6.82. The minimum Gasteiger partial charge on any atom is -0.369 e. The van der Waals surface area contributed by atoms with Crippen LogP contribution in [-0.2, 0) is 6.54 Å². The minimum atomic E-state index is -0.0247. The van der Waals surface area contributed by atoms with E-state index in [9.17, 15) is 4.79 Å². The highest BCUT2D eigenvalue weighted by Gasteiger charge is 2.21. The molecule has 1 atom stereocenters. The third-order valence-electron chi connectivity index (χ3n) is 5.07. The molecule has 1 aliphatic rings. The number of carbonyl (C=O) groups excluding carboxylic acids is 1. The number of piperazine rings is 1. The molecule has 1 heterocycles. The number of nitrogens with two attached hydrogens (primary N) is 1. The molecule has 0 radical (unpaired) electrons. The maximum atomic E-state index is 12.3. The maximum Gasteiger partial charge on any atom is 0.251 e. The van der Waals surface area contributed by atoms with Gasteiger partial charge in [-0.25, -0.2) is 0 Å². The molecular formula is C21H29ClN4O. The third kappa shape index (κ3) is 5.70. The first kappa shape index (κ1) is 21.2. The van der Waals surface area contributed by atoms with Crippen molar-refractivity contribution in [3.63, 3.8) is 0 Å². The Morgan fingerprint density at radius 3 is 2.26 bits per heavy atom. The van der Waals surface area contributed by atoms with Crippen molar-refractivity contribution in [3.05, 3.63) is 65.7 Å². The zero-order valence-electron chi connectivity index (χ0n) is 15.8. The molecular weight excluding hydrogens is 360 g/mol. The Hall–Kier alpha value is -2.08. The van der Waals surface area contributed by atoms with Crippen molar-refractivity contribution in [1.29, 1.82) is 0 Å². The van der Waals surface area contributed by atoms with Gasteiger partial charge in [0.15, 0.2) is 0 Å². The SMILES string of the molecule is CC(CNC(=O)c1ccc(CN)cc1)N1CCN(c2ccccc2)CC1.Cl. The number of hydrogen-bond donors (Lipinski definition) is 2. The average Bonchev–Trinajstić information content (AvgIpc) is 2.72. The Morgan fingerprint density at radius 2 is 1.67 bits per heavy atom. The van der Waals surface area contributed by atoms with E-state index in [0.717, 1.165) is 31.7 Å². The second kappa shape index (κ2) is 10.3. The molecule has 1 fully saturated rings. The van der Waals surface area contributed by atoms with Crippen LogP contribution in [0.2, 0.25) is 0 Å². The molecule has 5 nitrogen and oxygen atoms in total. The van der Waals surface area contributed by atoms with Gasteiger partial charge >= 0.3 is 0 Å². The summed E-state index contributed by atoms with van der Waals surface area (Å²) in [5.41, 5.74) is 8.60. The molecule has 27 heavy (non-hydrogen) atoms. The highest BCUT2D eigenvalue weighted by molar-refractivity contribution is 5.94. The van der Waals surface area contributed by atoms with Crippen LogP contribution in [0.5, 0.6) is 0 Å². The van der Waals surface area contributed by atoms with Gasteiger partial charge in [-0.05, 0) is 36.8 Å². The first-order chi connectivity index (χ1) is 12.7. The van der Waals surface area contributed by atoms with E-state index in [1.165, 1.54) is 5.69 Å². The minimum absolute atomic E-state index is 0. The van der Waals surface area contributed by atoms with Crippen molar-refractivity contribution >= 4 is 24.0 Å². The van der Waals surface area contributed by atoms with E-state index in [2.05, 4.69) is 46.3 Å². The lowest BCUT2D eigenvalue weighted by atomic mass is 10.1. The summed E-state index contributed by atoms with van der Waals surface area (Å²) in [6.45, 7) is 7.38. The summed E-state index contributed by atoms with van der Waals surface area (Å²) in [6, 6.07) is 18.3. The molecule has 0 aliphatic carbocycles. The zero-order valence-corrected chi connectivity index (χ0v) is 16.6. The molecule has 1 amide bonds. The number of hydrogen-bond acceptors (Lipinski definition) is 4. The van der Waals surface area contributed by atoms with Crippen molar-refractivity contribution in [3.8, 4) is 0 Å². The van der Waals surface area contributed by atoms with E-state index in [-0.39, 0.29) is 18.3 Å². The molecule has 3 N–H and O–H groups in total. The van der Waals surface area contributed by atoms with Crippen LogP contribution >= 0.6 is 12.4 Å². The van der Waals surface area contributed by atoms with Crippen molar-refractivity contribution in [2.45, 2.75) is 19.5 Å². The van der Waals surface area contributed by atoms with Crippen molar-refractivity contribution in [2.75, 3.05) is 37.6 Å². The van der Waals surface area contributed by atoms with E-state index in [1.54, 1.807) is 0 Å². The van der Waals surface area contributed by atoms with Crippen molar-refractivity contribution in [1.82, 2.24) is 10.2 Å². The second-order valence-electron chi connectivity index (χ2n) is 6.82. The molecule has 1 unspecified atom stereocenters. The Kier molecular flexibility index (Phi) is 8.10. The van der Waals surface area contributed by atoms with E-state index in [1.807, 2.05) is 30.3 Å². The summed E-state index contributed by atoms with van der Waals surface area (Å²) in [5.74, 6) is -0.0247. The summed E-state index contributed by atoms with van der Waals surface area (Å²) in [6.07, 6.45) is 0. The molecule has 3 rings (SSSR count). The van der Waals surface area contributed by atoms with Crippen molar-refractivity contribution in [2.24, 2.45) is 5.73 Å². The lowest BCUT2D eigenvalue weighted by Gasteiger charge is -2.39. The summed E-state index contributed by atoms with van der Waals surface area (Å²) >= 11 is 0. The van der Waals surface area contributed by atoms with Gasteiger partial charge in [0.05, 0.1) is 0 Å². The first-order valence-corrected chi connectivity index (χ1v) is 9.28. The van der Waals surface area contributed by atoms with Gasteiger partial charge in [0.2, 0.25) is 0 Å². The highest BCUT2D eigenvalue weighted by atomic mass is 35.5. The topological polar surface area (TPSA) is 61.6 Å². The highest BCUT2D eigenvalue weighted by Crippen LogP contribution is 2.16. The van der Waals surface area contributed by atoms with Crippen LogP contribution in [-0.4, -0.2) is 49.6 Å². The Morgan fingerprint density at radius 1 is 1.04 bits per heavy atom. The van der Waals surface area contributed by atoms with Gasteiger partial charge in [-0.15, -0.1) is 12.4 Å². The maximum absolute atomic E-state index is 12.3. The predicted molar refractivity (Wildman–Crippen MR) is 114 cm³/mol. The van der Waals surface area contributed by atoms with Gasteiger partial charge in [-0.2, -0.15) is 0 Å². The third-order valence-corrected chi connectivity index (χ3v) is 5.07. The Balaban J connectivity index is 0.00000261. The van der Waals surface area contributed by atoms with Gasteiger partial charge in [0, 0.05) is 56.6 Å². The molecule has 0 spiro atoms. The number of para-hydroxylation sites is 1. The number of anilines is 1. The van der Waals surface area contributed by atoms with Crippen LogP contribution in [0.25, 0.3) is 0 Å². The Bertz CT molecular complexity index is 700. The van der Waals surface area contributed by atoms with Crippen LogP contribution in [0.4, 0.5) is 5.69 Å². The lowest BCUT2D eigenvalue weighted by Crippen LogP contribution is -2.52. The quantitative estimate of drug-likeness (QED) is 0.798. The molecule has 6 heteroatoms. The van der Waals surface area contributed by atoms with Crippen LogP contribution in [0.15, 0.2) is 54.6 Å². The Labute approximate surface area is 167 Å². The van der Waals surface area contributed by atoms with E-state index in [0.29, 0.717) is 24.7 Å². The average molecular weight is 389 g/mol. The van der Waals surface area contributed by atoms with Gasteiger partial charge in [0.1, 0.15) is 0 Å². The van der Waals surface area contributed by atoms with Crippen LogP contribution in [0.3, 0.4) is 0 Å². The molecule has 1 saturated heterocycles. The van der Waals surface area contributed by atoms with Gasteiger partial charge in [-0.3, -0.25) is 9.69 Å². The summed E-state index contributed by atoms with van der Waals surface area (Å²) in [4.78, 5) is 17.2. The smallest absolute Gasteiger partial charge is 0.251 e. The van der Waals surface area contributed by atoms with Gasteiger partial charge < -0.3 is 16.0 Å². The molecule has 2 aromatic rings. The molecule has 146 valence electrons. The molecule has 0 bridgehead atoms. The summed E-state index contributed by atoms with van der Waals surface area (Å²) in [7, 11) is 0. The fourth-order valence-electron chi connectivity index (χ4n) is 3.32. The largest absolute Gasteiger partial charge is 0.369 e. The first-order valence-electron chi connectivity index (χ1n) is 9.28. The number of rotatable bonds is 6. The fraction of sp³-hybridized carbons (Fsp3) is 0.381. The normalized spacial score (nSPS) is 15.7. The molecule has 0 aromatic heterocycles. The van der Waals surface area contributed by atoms with Crippen molar-refractivity contribution < 1.29 is 4.79 Å². The van der Waals surface area contributed by atoms with Crippen LogP contribution in [0, 0.1) is 0 Å². The van der Waals surface area contributed by atoms with Gasteiger partial charge in [-0.1, -0.05) is 30.3 Å². The number of nitrogens with one attached hydrogen (secondary N) is 1. The lowest BCUT2D eigenvalue weighted by molar-refractivity contribution is 0.0934. The standard InChI is InChI=1S/C21H28N4O.ClH/c1-17(16-23-21(26)19-9-7-18(15-22)8-10-19)24-11-13-25(14-12-24)20-5-3-2-4-6-20;/h2-10,17H,11-16,22H2,1H3,(H,23,26);1H. The van der Waals surface area contributed by atoms with E-state index in [4.69, 9.17) is 5.73 Å². The molecule has 1 aliphatic heterocycles. The van der Waals surface area contributed by atoms with Crippen LogP contribution < -0.4 is 16.0 Å². The number of carbonyl (C=O) groups is 1. The summed E-state index contributed by atoms with van der Waals surface area (Å²) in [5, 5.41) is 3.05. The van der Waals surface area contributed by atoms with Gasteiger partial charge in [0.25, 0.3) is 5.91 Å². The number of amides is 1.